The molecule has 0 bridgehead atoms. The number of nitrogens with zero attached hydrogens (tertiary/aromatic N) is 2. The number of carbonyl (C=O) groups excluding carboxylic acids is 1. The Balaban J connectivity index is 2.07. The third-order valence-electron chi connectivity index (χ3n) is 1.83. The van der Waals surface area contributed by atoms with E-state index in [1.165, 1.54) is 0 Å². The van der Waals surface area contributed by atoms with Crippen molar-refractivity contribution in [3.05, 3.63) is 41.7 Å². The quantitative estimate of drug-likeness (QED) is 0.739. The minimum atomic E-state index is 0.335. The molecule has 2 aromatic rings. The summed E-state index contributed by atoms with van der Waals surface area (Å²) < 4.78 is 13.3. The van der Waals surface area contributed by atoms with Gasteiger partial charge in [0.2, 0.25) is 0 Å². The standard InChI is InChI=1S/C10H8N2O2S/c13-6-8-3-1-2-4-10(8)14-7-9-5-11-15-12-9/h1-6H,7H2. The molecule has 0 unspecified atom stereocenters. The van der Waals surface area contributed by atoms with Gasteiger partial charge in [-0.25, -0.2) is 0 Å². The highest BCUT2D eigenvalue weighted by Gasteiger charge is 2.02. The van der Waals surface area contributed by atoms with Crippen LogP contribution in [-0.2, 0) is 6.61 Å². The van der Waals surface area contributed by atoms with Crippen LogP contribution in [0.1, 0.15) is 16.1 Å². The van der Waals surface area contributed by atoms with E-state index in [2.05, 4.69) is 8.75 Å². The number of rotatable bonds is 4. The van der Waals surface area contributed by atoms with E-state index in [0.717, 1.165) is 23.7 Å². The molecule has 0 fully saturated rings. The van der Waals surface area contributed by atoms with Crippen LogP contribution in [-0.4, -0.2) is 15.0 Å². The molecular weight excluding hydrogens is 212 g/mol. The lowest BCUT2D eigenvalue weighted by Crippen LogP contribution is -1.97. The minimum Gasteiger partial charge on any atom is -0.486 e. The summed E-state index contributed by atoms with van der Waals surface area (Å²) in [7, 11) is 0. The van der Waals surface area contributed by atoms with Crippen LogP contribution < -0.4 is 4.74 Å². The molecule has 0 atom stereocenters. The van der Waals surface area contributed by atoms with Crippen LogP contribution in [0.2, 0.25) is 0 Å². The number of hydrogen-bond acceptors (Lipinski definition) is 5. The second-order valence-corrected chi connectivity index (χ2v) is 3.40. The molecule has 4 nitrogen and oxygen atoms in total. The van der Waals surface area contributed by atoms with E-state index >= 15 is 0 Å². The molecule has 0 radical (unpaired) electrons. The highest BCUT2D eigenvalue weighted by molar-refractivity contribution is 6.99. The van der Waals surface area contributed by atoms with Crippen LogP contribution in [0, 0.1) is 0 Å². The van der Waals surface area contributed by atoms with Gasteiger partial charge in [-0.3, -0.25) is 4.79 Å². The zero-order valence-electron chi connectivity index (χ0n) is 7.79. The third kappa shape index (κ3) is 2.38. The maximum atomic E-state index is 10.7. The Morgan fingerprint density at radius 3 is 3.00 bits per heavy atom. The molecule has 2 rings (SSSR count). The van der Waals surface area contributed by atoms with Gasteiger partial charge in [0.05, 0.1) is 23.5 Å². The maximum Gasteiger partial charge on any atom is 0.153 e. The molecule has 0 aliphatic carbocycles. The number of hydrogen-bond donors (Lipinski definition) is 0. The lowest BCUT2D eigenvalue weighted by Gasteiger charge is -2.05. The van der Waals surface area contributed by atoms with Gasteiger partial charge in [-0.15, -0.1) is 0 Å². The largest absolute Gasteiger partial charge is 0.486 e. The number of carbonyl (C=O) groups is 1. The number of aldehydes is 1. The first-order chi connectivity index (χ1) is 7.40. The Hall–Kier alpha value is -1.75. The summed E-state index contributed by atoms with van der Waals surface area (Å²) in [6.07, 6.45) is 2.42. The summed E-state index contributed by atoms with van der Waals surface area (Å²) in [6.45, 7) is 0.335. The van der Waals surface area contributed by atoms with Crippen molar-refractivity contribution in [2.75, 3.05) is 0 Å². The van der Waals surface area contributed by atoms with Crippen LogP contribution in [0.4, 0.5) is 0 Å². The molecule has 0 saturated heterocycles. The van der Waals surface area contributed by atoms with Crippen LogP contribution in [0.25, 0.3) is 0 Å². The average Bonchev–Trinajstić information content (AvgIpc) is 2.79. The molecule has 0 saturated carbocycles. The number of aromatic nitrogens is 2. The van der Waals surface area contributed by atoms with Crippen LogP contribution in [0.15, 0.2) is 30.5 Å². The maximum absolute atomic E-state index is 10.7. The Morgan fingerprint density at radius 1 is 1.40 bits per heavy atom. The van der Waals surface area contributed by atoms with Gasteiger partial charge < -0.3 is 4.74 Å². The van der Waals surface area contributed by atoms with E-state index in [-0.39, 0.29) is 0 Å². The molecule has 1 heterocycles. The van der Waals surface area contributed by atoms with Gasteiger partial charge in [-0.2, -0.15) is 8.75 Å². The highest BCUT2D eigenvalue weighted by Crippen LogP contribution is 2.16. The molecule has 0 spiro atoms. The van der Waals surface area contributed by atoms with Crippen molar-refractivity contribution in [1.29, 1.82) is 0 Å². The zero-order chi connectivity index (χ0) is 10.5. The van der Waals surface area contributed by atoms with Crippen molar-refractivity contribution >= 4 is 18.0 Å². The zero-order valence-corrected chi connectivity index (χ0v) is 8.61. The lowest BCUT2D eigenvalue weighted by atomic mass is 10.2. The van der Waals surface area contributed by atoms with E-state index in [1.807, 2.05) is 6.07 Å². The van der Waals surface area contributed by atoms with Crippen molar-refractivity contribution in [3.63, 3.8) is 0 Å². The smallest absolute Gasteiger partial charge is 0.153 e. The SMILES string of the molecule is O=Cc1ccccc1OCc1cnsn1. The fourth-order valence-corrected chi connectivity index (χ4v) is 1.53. The van der Waals surface area contributed by atoms with Gasteiger partial charge in [-0.1, -0.05) is 12.1 Å². The molecular formula is C10H8N2O2S. The number of para-hydroxylation sites is 1. The summed E-state index contributed by atoms with van der Waals surface area (Å²) in [6, 6.07) is 7.08. The summed E-state index contributed by atoms with van der Waals surface area (Å²) >= 11 is 1.14. The van der Waals surface area contributed by atoms with Gasteiger partial charge in [0, 0.05) is 0 Å². The molecule has 1 aromatic carbocycles. The van der Waals surface area contributed by atoms with E-state index in [1.54, 1.807) is 24.4 Å². The molecule has 0 aliphatic rings. The fraction of sp³-hybridized carbons (Fsp3) is 0.100. The molecule has 1 aromatic heterocycles. The predicted molar refractivity (Wildman–Crippen MR) is 56.1 cm³/mol. The average molecular weight is 220 g/mol. The molecule has 0 N–H and O–H groups in total. The van der Waals surface area contributed by atoms with Gasteiger partial charge >= 0.3 is 0 Å². The molecule has 15 heavy (non-hydrogen) atoms. The molecule has 5 heteroatoms. The Labute approximate surface area is 90.9 Å². The van der Waals surface area contributed by atoms with Gasteiger partial charge in [0.25, 0.3) is 0 Å². The predicted octanol–water partition coefficient (Wildman–Crippen LogP) is 1.93. The van der Waals surface area contributed by atoms with E-state index < -0.39 is 0 Å². The van der Waals surface area contributed by atoms with E-state index in [9.17, 15) is 4.79 Å². The monoisotopic (exact) mass is 220 g/mol. The van der Waals surface area contributed by atoms with E-state index in [0.29, 0.717) is 17.9 Å². The number of ether oxygens (including phenoxy) is 1. The van der Waals surface area contributed by atoms with Crippen molar-refractivity contribution < 1.29 is 9.53 Å². The second-order valence-electron chi connectivity index (χ2n) is 2.84. The molecule has 0 amide bonds. The van der Waals surface area contributed by atoms with Crippen LogP contribution >= 0.6 is 11.7 Å². The highest BCUT2D eigenvalue weighted by atomic mass is 32.1. The normalized spacial score (nSPS) is 9.87. The minimum absolute atomic E-state index is 0.335. The van der Waals surface area contributed by atoms with Gasteiger partial charge in [-0.05, 0) is 12.1 Å². The summed E-state index contributed by atoms with van der Waals surface area (Å²) in [5, 5.41) is 0. The molecule has 76 valence electrons. The first-order valence-corrected chi connectivity index (χ1v) is 5.06. The second kappa shape index (κ2) is 4.65. The van der Waals surface area contributed by atoms with Gasteiger partial charge in [0.15, 0.2) is 6.29 Å². The molecule has 0 aliphatic heterocycles. The topological polar surface area (TPSA) is 52.1 Å². The Bertz CT molecular complexity index is 442. The number of benzene rings is 1. The third-order valence-corrected chi connectivity index (χ3v) is 2.34. The summed E-state index contributed by atoms with van der Waals surface area (Å²) in [5.74, 6) is 0.570. The summed E-state index contributed by atoms with van der Waals surface area (Å²) in [4.78, 5) is 10.7. The van der Waals surface area contributed by atoms with Crippen molar-refractivity contribution in [2.45, 2.75) is 6.61 Å². The first-order valence-electron chi connectivity index (χ1n) is 4.33. The first kappa shape index (κ1) is 9.79. The van der Waals surface area contributed by atoms with Crippen molar-refractivity contribution in [3.8, 4) is 5.75 Å². The lowest BCUT2D eigenvalue weighted by molar-refractivity contribution is 0.111. The summed E-state index contributed by atoms with van der Waals surface area (Å²) in [5.41, 5.74) is 1.31. The fourth-order valence-electron chi connectivity index (χ4n) is 1.11. The van der Waals surface area contributed by atoms with Crippen molar-refractivity contribution in [2.24, 2.45) is 0 Å². The Kier molecular flexibility index (Phi) is 3.04. The van der Waals surface area contributed by atoms with Crippen LogP contribution in [0.5, 0.6) is 5.75 Å². The Morgan fingerprint density at radius 2 is 2.27 bits per heavy atom. The van der Waals surface area contributed by atoms with Crippen LogP contribution in [0.3, 0.4) is 0 Å². The van der Waals surface area contributed by atoms with Gasteiger partial charge in [0.1, 0.15) is 18.1 Å². The van der Waals surface area contributed by atoms with E-state index in [4.69, 9.17) is 4.74 Å². The van der Waals surface area contributed by atoms with Crippen molar-refractivity contribution in [1.82, 2.24) is 8.75 Å².